The zero-order valence-electron chi connectivity index (χ0n) is 25.0. The first-order valence-corrected chi connectivity index (χ1v) is 14.5. The first-order chi connectivity index (χ1) is 21.5. The van der Waals surface area contributed by atoms with Gasteiger partial charge in [0.05, 0.1) is 13.2 Å². The highest BCUT2D eigenvalue weighted by Gasteiger charge is 2.36. The molecule has 0 radical (unpaired) electrons. The molecule has 0 aliphatic carbocycles. The fraction of sp³-hybridized carbons (Fsp3) is 0.379. The number of halogens is 1. The summed E-state index contributed by atoms with van der Waals surface area (Å²) >= 11 is 6.00. The SMILES string of the molecule is CCOC(=O)CNC(=O)CNC(=O)C1CCCN1C(=O)C(C)NC(=O)/C(=C/Nc1nc(C)cc(Cl)n1)NC(=O)c1ccccc1. The van der Waals surface area contributed by atoms with E-state index in [2.05, 4.69) is 36.6 Å². The number of anilines is 1. The molecule has 3 rings (SSSR count). The molecule has 0 spiro atoms. The van der Waals surface area contributed by atoms with E-state index in [-0.39, 0.29) is 42.1 Å². The Morgan fingerprint density at radius 3 is 2.51 bits per heavy atom. The first kappa shape index (κ1) is 34.4. The lowest BCUT2D eigenvalue weighted by Gasteiger charge is -2.27. The van der Waals surface area contributed by atoms with Crippen LogP contribution in [0, 0.1) is 6.92 Å². The van der Waals surface area contributed by atoms with Gasteiger partial charge in [0.1, 0.15) is 29.5 Å². The Hall–Kier alpha value is -5.05. The van der Waals surface area contributed by atoms with E-state index in [0.29, 0.717) is 18.5 Å². The topological polar surface area (TPSA) is 201 Å². The quantitative estimate of drug-likeness (QED) is 0.116. The molecule has 5 N–H and O–H groups in total. The van der Waals surface area contributed by atoms with Gasteiger partial charge in [0, 0.05) is 24.0 Å². The molecule has 16 heteroatoms. The van der Waals surface area contributed by atoms with E-state index >= 15 is 0 Å². The van der Waals surface area contributed by atoms with Gasteiger partial charge < -0.3 is 36.2 Å². The van der Waals surface area contributed by atoms with Crippen molar-refractivity contribution in [1.29, 1.82) is 0 Å². The molecular weight excluding hydrogens is 608 g/mol. The number of amides is 5. The largest absolute Gasteiger partial charge is 0.465 e. The monoisotopic (exact) mass is 642 g/mol. The van der Waals surface area contributed by atoms with Crippen LogP contribution in [-0.4, -0.2) is 88.7 Å². The highest BCUT2D eigenvalue weighted by molar-refractivity contribution is 6.29. The van der Waals surface area contributed by atoms with Crippen molar-refractivity contribution in [3.63, 3.8) is 0 Å². The minimum atomic E-state index is -1.10. The second-order valence-electron chi connectivity index (χ2n) is 9.86. The van der Waals surface area contributed by atoms with Crippen LogP contribution in [0.15, 0.2) is 48.3 Å². The van der Waals surface area contributed by atoms with Crippen molar-refractivity contribution in [3.8, 4) is 0 Å². The normalized spacial score (nSPS) is 15.0. The van der Waals surface area contributed by atoms with Gasteiger partial charge in [-0.15, -0.1) is 0 Å². The van der Waals surface area contributed by atoms with Gasteiger partial charge in [-0.05, 0) is 51.8 Å². The van der Waals surface area contributed by atoms with E-state index in [1.165, 1.54) is 18.0 Å². The van der Waals surface area contributed by atoms with Gasteiger partial charge in [-0.1, -0.05) is 29.8 Å². The second kappa shape index (κ2) is 16.7. The standard InChI is InChI=1S/C29H35ClN8O7/c1-4-45-24(40)16-31-23(39)15-32-27(43)21-11-8-12-38(21)28(44)18(3)35-26(42)20(36-25(41)19-9-6-5-7-10-19)14-33-29-34-17(2)13-22(30)37-29/h5-7,9-10,13-14,18,21H,4,8,11-12,15-16H2,1-3H3,(H,31,39)(H,32,43)(H,35,42)(H,36,41)(H,33,34,37)/b20-14-. The Morgan fingerprint density at radius 2 is 1.82 bits per heavy atom. The van der Waals surface area contributed by atoms with E-state index < -0.39 is 54.1 Å². The summed E-state index contributed by atoms with van der Waals surface area (Å²) < 4.78 is 4.73. The third kappa shape index (κ3) is 10.6. The molecule has 15 nitrogen and oxygen atoms in total. The van der Waals surface area contributed by atoms with Gasteiger partial charge in [-0.25, -0.2) is 9.97 Å². The summed E-state index contributed by atoms with van der Waals surface area (Å²) in [6, 6.07) is 7.78. The number of benzene rings is 1. The number of likely N-dealkylation sites (tertiary alicyclic amines) is 1. The van der Waals surface area contributed by atoms with E-state index in [9.17, 15) is 28.8 Å². The van der Waals surface area contributed by atoms with Crippen LogP contribution in [0.4, 0.5) is 5.95 Å². The number of ether oxygens (including phenoxy) is 1. The summed E-state index contributed by atoms with van der Waals surface area (Å²) in [7, 11) is 0. The Kier molecular flexibility index (Phi) is 12.8. The van der Waals surface area contributed by atoms with Gasteiger partial charge in [0.25, 0.3) is 11.8 Å². The lowest BCUT2D eigenvalue weighted by Crippen LogP contribution is -2.54. The van der Waals surface area contributed by atoms with Crippen LogP contribution in [0.3, 0.4) is 0 Å². The smallest absolute Gasteiger partial charge is 0.325 e. The average Bonchev–Trinajstić information content (AvgIpc) is 3.50. The Balaban J connectivity index is 1.65. The third-order valence-corrected chi connectivity index (χ3v) is 6.61. The number of nitrogens with zero attached hydrogens (tertiary/aromatic N) is 3. The molecule has 1 fully saturated rings. The number of carbonyl (C=O) groups is 6. The lowest BCUT2D eigenvalue weighted by molar-refractivity contribution is -0.143. The predicted molar refractivity (Wildman–Crippen MR) is 162 cm³/mol. The lowest BCUT2D eigenvalue weighted by atomic mass is 10.2. The summed E-state index contributed by atoms with van der Waals surface area (Å²) in [4.78, 5) is 85.3. The highest BCUT2D eigenvalue weighted by atomic mass is 35.5. The van der Waals surface area contributed by atoms with Crippen molar-refractivity contribution in [3.05, 3.63) is 64.7 Å². The molecule has 45 heavy (non-hydrogen) atoms. The zero-order valence-corrected chi connectivity index (χ0v) is 25.8. The van der Waals surface area contributed by atoms with Crippen LogP contribution >= 0.6 is 11.6 Å². The van der Waals surface area contributed by atoms with Crippen LogP contribution in [0.1, 0.15) is 42.7 Å². The summed E-state index contributed by atoms with van der Waals surface area (Å²) in [6.45, 7) is 4.48. The van der Waals surface area contributed by atoms with Crippen LogP contribution < -0.4 is 26.6 Å². The molecule has 1 aromatic heterocycles. The molecular formula is C29H35ClN8O7. The molecule has 1 aromatic carbocycles. The van der Waals surface area contributed by atoms with Crippen LogP contribution in [-0.2, 0) is 28.7 Å². The third-order valence-electron chi connectivity index (χ3n) is 6.41. The molecule has 2 atom stereocenters. The average molecular weight is 643 g/mol. The Bertz CT molecular complexity index is 1430. The number of aromatic nitrogens is 2. The fourth-order valence-electron chi connectivity index (χ4n) is 4.29. The van der Waals surface area contributed by atoms with Crippen LogP contribution in [0.25, 0.3) is 0 Å². The zero-order chi connectivity index (χ0) is 32.9. The molecule has 0 bridgehead atoms. The number of hydrogen-bond donors (Lipinski definition) is 5. The fourth-order valence-corrected chi connectivity index (χ4v) is 4.53. The van der Waals surface area contributed by atoms with E-state index in [4.69, 9.17) is 16.3 Å². The van der Waals surface area contributed by atoms with Crippen molar-refractivity contribution < 1.29 is 33.5 Å². The van der Waals surface area contributed by atoms with Gasteiger partial charge in [0.2, 0.25) is 23.7 Å². The maximum Gasteiger partial charge on any atom is 0.325 e. The van der Waals surface area contributed by atoms with Crippen molar-refractivity contribution in [2.45, 2.75) is 45.7 Å². The molecule has 1 aliphatic rings. The highest BCUT2D eigenvalue weighted by Crippen LogP contribution is 2.19. The second-order valence-corrected chi connectivity index (χ2v) is 10.2. The summed E-state index contributed by atoms with van der Waals surface area (Å²) in [5.74, 6) is -3.61. The van der Waals surface area contributed by atoms with Crippen LogP contribution in [0.5, 0.6) is 0 Å². The van der Waals surface area contributed by atoms with E-state index in [1.807, 2.05) is 0 Å². The number of rotatable bonds is 13. The van der Waals surface area contributed by atoms with Gasteiger partial charge >= 0.3 is 5.97 Å². The number of aryl methyl sites for hydroxylation is 1. The number of esters is 1. The summed E-state index contributed by atoms with van der Waals surface area (Å²) in [6.07, 6.45) is 2.06. The van der Waals surface area contributed by atoms with Crippen molar-refractivity contribution in [2.24, 2.45) is 0 Å². The number of nitrogens with one attached hydrogen (secondary N) is 5. The van der Waals surface area contributed by atoms with E-state index in [0.717, 1.165) is 0 Å². The molecule has 240 valence electrons. The van der Waals surface area contributed by atoms with Crippen molar-refractivity contribution >= 4 is 53.1 Å². The van der Waals surface area contributed by atoms with Gasteiger partial charge in [0.15, 0.2) is 0 Å². The number of carbonyl (C=O) groups excluding carboxylic acids is 6. The Labute approximate surface area is 264 Å². The molecule has 0 saturated carbocycles. The molecule has 2 aromatic rings. The van der Waals surface area contributed by atoms with Gasteiger partial charge in [-0.2, -0.15) is 0 Å². The van der Waals surface area contributed by atoms with E-state index in [1.54, 1.807) is 50.2 Å². The molecule has 1 saturated heterocycles. The van der Waals surface area contributed by atoms with Crippen LogP contribution in [0.2, 0.25) is 5.15 Å². The van der Waals surface area contributed by atoms with Crippen molar-refractivity contribution in [2.75, 3.05) is 31.6 Å². The molecule has 2 unspecified atom stereocenters. The minimum Gasteiger partial charge on any atom is -0.465 e. The van der Waals surface area contributed by atoms with Crippen molar-refractivity contribution in [1.82, 2.24) is 36.1 Å². The summed E-state index contributed by atoms with van der Waals surface area (Å²) in [5.41, 5.74) is 0.607. The predicted octanol–water partition coefficient (Wildman–Crippen LogP) is 0.413. The van der Waals surface area contributed by atoms with Gasteiger partial charge in [-0.3, -0.25) is 28.8 Å². The summed E-state index contributed by atoms with van der Waals surface area (Å²) in [5, 5.41) is 12.8. The number of hydrogen-bond acceptors (Lipinski definition) is 10. The first-order valence-electron chi connectivity index (χ1n) is 14.1. The minimum absolute atomic E-state index is 0.0730. The molecule has 2 heterocycles. The molecule has 5 amide bonds. The Morgan fingerprint density at radius 1 is 1.09 bits per heavy atom. The maximum atomic E-state index is 13.3. The molecule has 1 aliphatic heterocycles. The maximum absolute atomic E-state index is 13.3.